The molecule has 1 aliphatic heterocycles. The van der Waals surface area contributed by atoms with Crippen molar-refractivity contribution >= 4 is 23.6 Å². The molecule has 0 atom stereocenters. The number of methoxy groups -OCH3 is 4. The van der Waals surface area contributed by atoms with E-state index in [4.69, 9.17) is 23.7 Å². The highest BCUT2D eigenvalue weighted by atomic mass is 16.5. The van der Waals surface area contributed by atoms with Gasteiger partial charge < -0.3 is 23.7 Å². The summed E-state index contributed by atoms with van der Waals surface area (Å²) in [4.78, 5) is 27.6. The Morgan fingerprint density at radius 3 is 2.21 bits per heavy atom. The third-order valence-corrected chi connectivity index (χ3v) is 5.27. The Kier molecular flexibility index (Phi) is 7.63. The van der Waals surface area contributed by atoms with Crippen molar-refractivity contribution in [2.24, 2.45) is 0 Å². The van der Waals surface area contributed by atoms with E-state index in [0.29, 0.717) is 46.6 Å². The van der Waals surface area contributed by atoms with Gasteiger partial charge in [0.05, 0.1) is 45.3 Å². The maximum Gasteiger partial charge on any atom is 0.340 e. The standard InChI is InChI=1S/C26H27NO7/c1-7-12-34-21-10-8-17(14-22(21)31-4)13-19-24(26(29)33-6)16(2)27(25(19)28)18-9-11-20(30-3)23(15-18)32-5/h7-11,13-15H,1,12H2,2-6H3/b19-13-. The molecule has 0 aliphatic carbocycles. The first-order valence-corrected chi connectivity index (χ1v) is 10.4. The van der Waals surface area contributed by atoms with Gasteiger partial charge in [-0.1, -0.05) is 18.7 Å². The number of hydrogen-bond donors (Lipinski definition) is 0. The van der Waals surface area contributed by atoms with E-state index >= 15 is 0 Å². The number of anilines is 1. The number of esters is 1. The minimum atomic E-state index is -0.613. The van der Waals surface area contributed by atoms with E-state index in [2.05, 4.69) is 6.58 Å². The van der Waals surface area contributed by atoms with Crippen LogP contribution >= 0.6 is 0 Å². The Balaban J connectivity index is 2.09. The predicted molar refractivity (Wildman–Crippen MR) is 128 cm³/mol. The minimum absolute atomic E-state index is 0.174. The van der Waals surface area contributed by atoms with Gasteiger partial charge in [0.25, 0.3) is 5.91 Å². The van der Waals surface area contributed by atoms with Crippen LogP contribution in [-0.4, -0.2) is 46.9 Å². The molecule has 0 N–H and O–H groups in total. The molecule has 34 heavy (non-hydrogen) atoms. The van der Waals surface area contributed by atoms with Crippen LogP contribution in [0.25, 0.3) is 6.08 Å². The maximum absolute atomic E-state index is 13.5. The lowest BCUT2D eigenvalue weighted by Crippen LogP contribution is -2.24. The molecule has 0 bridgehead atoms. The Bertz CT molecular complexity index is 1180. The fraction of sp³-hybridized carbons (Fsp3) is 0.231. The molecule has 178 valence electrons. The van der Waals surface area contributed by atoms with Crippen LogP contribution < -0.4 is 23.8 Å². The summed E-state index contributed by atoms with van der Waals surface area (Å²) in [6.45, 7) is 5.65. The second kappa shape index (κ2) is 10.6. The SMILES string of the molecule is C=CCOc1ccc(/C=C2\C(=O)N(c3ccc(OC)c(OC)c3)C(C)=C2C(=O)OC)cc1OC. The predicted octanol–water partition coefficient (Wildman–Crippen LogP) is 4.15. The smallest absolute Gasteiger partial charge is 0.340 e. The van der Waals surface area contributed by atoms with E-state index in [1.165, 1.54) is 33.3 Å². The van der Waals surface area contributed by atoms with Crippen molar-refractivity contribution in [3.63, 3.8) is 0 Å². The topological polar surface area (TPSA) is 83.5 Å². The zero-order valence-electron chi connectivity index (χ0n) is 19.8. The van der Waals surface area contributed by atoms with Crippen LogP contribution in [-0.2, 0) is 14.3 Å². The fourth-order valence-electron chi connectivity index (χ4n) is 3.66. The zero-order valence-corrected chi connectivity index (χ0v) is 19.8. The highest BCUT2D eigenvalue weighted by Gasteiger charge is 2.38. The molecule has 1 aliphatic rings. The van der Waals surface area contributed by atoms with Gasteiger partial charge in [0.1, 0.15) is 6.61 Å². The molecule has 0 saturated heterocycles. The number of ether oxygens (including phenoxy) is 5. The Hall–Kier alpha value is -4.20. The van der Waals surface area contributed by atoms with Gasteiger partial charge in [-0.05, 0) is 42.8 Å². The Morgan fingerprint density at radius 1 is 0.941 bits per heavy atom. The molecule has 3 rings (SSSR count). The van der Waals surface area contributed by atoms with Gasteiger partial charge >= 0.3 is 5.97 Å². The van der Waals surface area contributed by atoms with Crippen molar-refractivity contribution in [3.05, 3.63) is 71.5 Å². The van der Waals surface area contributed by atoms with Crippen molar-refractivity contribution in [3.8, 4) is 23.0 Å². The lowest BCUT2D eigenvalue weighted by molar-refractivity contribution is -0.136. The molecule has 2 aromatic rings. The highest BCUT2D eigenvalue weighted by Crippen LogP contribution is 2.39. The van der Waals surface area contributed by atoms with E-state index in [-0.39, 0.29) is 17.1 Å². The normalized spacial score (nSPS) is 14.3. The van der Waals surface area contributed by atoms with Crippen molar-refractivity contribution in [1.29, 1.82) is 0 Å². The van der Waals surface area contributed by atoms with Crippen LogP contribution in [0.4, 0.5) is 5.69 Å². The van der Waals surface area contributed by atoms with E-state index in [9.17, 15) is 9.59 Å². The van der Waals surface area contributed by atoms with Gasteiger partial charge in [-0.15, -0.1) is 0 Å². The number of amides is 1. The third kappa shape index (κ3) is 4.61. The van der Waals surface area contributed by atoms with Gasteiger partial charge in [0.15, 0.2) is 23.0 Å². The van der Waals surface area contributed by atoms with Crippen LogP contribution in [0.15, 0.2) is 65.9 Å². The van der Waals surface area contributed by atoms with Crippen LogP contribution in [0.2, 0.25) is 0 Å². The minimum Gasteiger partial charge on any atom is -0.493 e. The number of allylic oxidation sites excluding steroid dienone is 1. The van der Waals surface area contributed by atoms with Crippen LogP contribution in [0.1, 0.15) is 12.5 Å². The molecule has 1 amide bonds. The molecular weight excluding hydrogens is 438 g/mol. The molecular formula is C26H27NO7. The summed E-state index contributed by atoms with van der Waals surface area (Å²) in [5.41, 5.74) is 1.98. The lowest BCUT2D eigenvalue weighted by Gasteiger charge is -2.19. The van der Waals surface area contributed by atoms with E-state index in [0.717, 1.165) is 0 Å². The molecule has 8 nitrogen and oxygen atoms in total. The molecule has 0 fully saturated rings. The number of rotatable bonds is 9. The molecule has 0 spiro atoms. The van der Waals surface area contributed by atoms with Gasteiger partial charge in [-0.25, -0.2) is 4.79 Å². The highest BCUT2D eigenvalue weighted by molar-refractivity contribution is 6.23. The first kappa shape index (κ1) is 24.4. The summed E-state index contributed by atoms with van der Waals surface area (Å²) >= 11 is 0. The number of carbonyl (C=O) groups is 2. The number of carbonyl (C=O) groups excluding carboxylic acids is 2. The second-order valence-electron chi connectivity index (χ2n) is 7.20. The first-order valence-electron chi connectivity index (χ1n) is 10.4. The van der Waals surface area contributed by atoms with E-state index < -0.39 is 5.97 Å². The summed E-state index contributed by atoms with van der Waals surface area (Å²) < 4.78 is 26.6. The van der Waals surface area contributed by atoms with Crippen LogP contribution in [0.5, 0.6) is 23.0 Å². The quantitative estimate of drug-likeness (QED) is 0.312. The Labute approximate surface area is 198 Å². The summed E-state index contributed by atoms with van der Waals surface area (Å²) in [6.07, 6.45) is 3.25. The average molecular weight is 466 g/mol. The number of hydrogen-bond acceptors (Lipinski definition) is 7. The van der Waals surface area contributed by atoms with Crippen LogP contribution in [0.3, 0.4) is 0 Å². The summed E-state index contributed by atoms with van der Waals surface area (Å²) in [5.74, 6) is 1.01. The maximum atomic E-state index is 13.5. The third-order valence-electron chi connectivity index (χ3n) is 5.27. The average Bonchev–Trinajstić information content (AvgIpc) is 3.10. The summed E-state index contributed by atoms with van der Waals surface area (Å²) in [5, 5.41) is 0. The monoisotopic (exact) mass is 465 g/mol. The molecule has 0 saturated carbocycles. The van der Waals surface area contributed by atoms with Gasteiger partial charge in [0, 0.05) is 11.8 Å². The molecule has 0 unspecified atom stereocenters. The molecule has 8 heteroatoms. The summed E-state index contributed by atoms with van der Waals surface area (Å²) in [6, 6.07) is 10.3. The molecule has 1 heterocycles. The van der Waals surface area contributed by atoms with Crippen LogP contribution in [0, 0.1) is 0 Å². The second-order valence-corrected chi connectivity index (χ2v) is 7.20. The summed E-state index contributed by atoms with van der Waals surface area (Å²) in [7, 11) is 5.84. The van der Waals surface area contributed by atoms with E-state index in [1.54, 1.807) is 55.5 Å². The fourth-order valence-corrected chi connectivity index (χ4v) is 3.66. The number of benzene rings is 2. The van der Waals surface area contributed by atoms with E-state index in [1.807, 2.05) is 0 Å². The first-order chi connectivity index (χ1) is 16.4. The molecule has 2 aromatic carbocycles. The lowest BCUT2D eigenvalue weighted by atomic mass is 10.0. The van der Waals surface area contributed by atoms with Gasteiger partial charge in [-0.3, -0.25) is 9.69 Å². The largest absolute Gasteiger partial charge is 0.493 e. The van der Waals surface area contributed by atoms with Gasteiger partial charge in [0.2, 0.25) is 0 Å². The zero-order chi connectivity index (χ0) is 24.8. The van der Waals surface area contributed by atoms with Crippen molar-refractivity contribution in [1.82, 2.24) is 0 Å². The van der Waals surface area contributed by atoms with Crippen molar-refractivity contribution in [2.45, 2.75) is 6.92 Å². The van der Waals surface area contributed by atoms with Crippen molar-refractivity contribution < 1.29 is 33.3 Å². The number of nitrogens with zero attached hydrogens (tertiary/aromatic N) is 1. The molecule has 0 radical (unpaired) electrons. The van der Waals surface area contributed by atoms with Gasteiger partial charge in [-0.2, -0.15) is 0 Å². The Morgan fingerprint density at radius 2 is 1.59 bits per heavy atom. The van der Waals surface area contributed by atoms with Crippen molar-refractivity contribution in [2.75, 3.05) is 39.9 Å². The molecule has 0 aromatic heterocycles.